The Bertz CT molecular complexity index is 715. The molecule has 0 spiro atoms. The van der Waals surface area contributed by atoms with Crippen LogP contribution in [0.15, 0.2) is 36.7 Å². The topological polar surface area (TPSA) is 70.6 Å². The van der Waals surface area contributed by atoms with Gasteiger partial charge in [0.25, 0.3) is 5.91 Å². The van der Waals surface area contributed by atoms with E-state index < -0.39 is 0 Å². The number of anilines is 2. The summed E-state index contributed by atoms with van der Waals surface area (Å²) in [5.41, 5.74) is 1.30. The standard InChI is InChI=1S/C18H22FN5O2/c1-26-11-6-20-18(25)16-12-22-17(13-21-16)24-9-7-23(8-10-24)15-4-2-14(19)3-5-15/h2-5,12-13H,6-11H2,1H3,(H,20,25). The molecule has 0 saturated carbocycles. The first-order chi connectivity index (χ1) is 12.7. The highest BCUT2D eigenvalue weighted by Crippen LogP contribution is 2.19. The molecule has 1 fully saturated rings. The number of amides is 1. The molecule has 1 amide bonds. The van der Waals surface area contributed by atoms with Crippen LogP contribution in [0.1, 0.15) is 10.5 Å². The fourth-order valence-electron chi connectivity index (χ4n) is 2.80. The first-order valence-corrected chi connectivity index (χ1v) is 8.52. The second kappa shape index (κ2) is 8.57. The number of nitrogens with zero attached hydrogens (tertiary/aromatic N) is 4. The molecular weight excluding hydrogens is 337 g/mol. The minimum absolute atomic E-state index is 0.228. The van der Waals surface area contributed by atoms with Crippen molar-refractivity contribution in [2.24, 2.45) is 0 Å². The zero-order valence-corrected chi connectivity index (χ0v) is 14.7. The lowest BCUT2D eigenvalue weighted by Gasteiger charge is -2.36. The van der Waals surface area contributed by atoms with Crippen LogP contribution in [0.4, 0.5) is 15.9 Å². The Morgan fingerprint density at radius 2 is 1.81 bits per heavy atom. The minimum Gasteiger partial charge on any atom is -0.383 e. The quantitative estimate of drug-likeness (QED) is 0.785. The molecule has 26 heavy (non-hydrogen) atoms. The second-order valence-corrected chi connectivity index (χ2v) is 5.96. The molecule has 1 aromatic carbocycles. The van der Waals surface area contributed by atoms with Crippen molar-refractivity contribution in [2.45, 2.75) is 0 Å². The van der Waals surface area contributed by atoms with Gasteiger partial charge in [0, 0.05) is 45.5 Å². The zero-order chi connectivity index (χ0) is 18.4. The summed E-state index contributed by atoms with van der Waals surface area (Å²) in [6, 6.07) is 6.54. The molecule has 7 nitrogen and oxygen atoms in total. The third-order valence-corrected chi connectivity index (χ3v) is 4.26. The first kappa shape index (κ1) is 18.1. The number of piperazine rings is 1. The SMILES string of the molecule is COCCNC(=O)c1cnc(N2CCN(c3ccc(F)cc3)CC2)cn1. The molecule has 0 bridgehead atoms. The summed E-state index contributed by atoms with van der Waals surface area (Å²) in [4.78, 5) is 24.8. The van der Waals surface area contributed by atoms with Crippen LogP contribution in [-0.4, -0.2) is 62.3 Å². The van der Waals surface area contributed by atoms with Gasteiger partial charge in [0.05, 0.1) is 19.0 Å². The van der Waals surface area contributed by atoms with Crippen LogP contribution < -0.4 is 15.1 Å². The van der Waals surface area contributed by atoms with Crippen LogP contribution in [-0.2, 0) is 4.74 Å². The average molecular weight is 359 g/mol. The summed E-state index contributed by atoms with van der Waals surface area (Å²) in [6.07, 6.45) is 3.11. The van der Waals surface area contributed by atoms with E-state index in [2.05, 4.69) is 25.1 Å². The van der Waals surface area contributed by atoms with E-state index in [4.69, 9.17) is 4.74 Å². The van der Waals surface area contributed by atoms with E-state index in [1.165, 1.54) is 18.3 Å². The summed E-state index contributed by atoms with van der Waals surface area (Å²) in [6.45, 7) is 4.08. The summed E-state index contributed by atoms with van der Waals surface area (Å²) in [5.74, 6) is 0.258. The molecule has 138 valence electrons. The van der Waals surface area contributed by atoms with Crippen molar-refractivity contribution in [3.63, 3.8) is 0 Å². The van der Waals surface area contributed by atoms with Gasteiger partial charge in [-0.25, -0.2) is 14.4 Å². The zero-order valence-electron chi connectivity index (χ0n) is 14.7. The van der Waals surface area contributed by atoms with Crippen LogP contribution >= 0.6 is 0 Å². The van der Waals surface area contributed by atoms with E-state index in [1.54, 1.807) is 25.4 Å². The number of hydrogen-bond donors (Lipinski definition) is 1. The van der Waals surface area contributed by atoms with Crippen molar-refractivity contribution < 1.29 is 13.9 Å². The number of hydrogen-bond acceptors (Lipinski definition) is 6. The second-order valence-electron chi connectivity index (χ2n) is 5.96. The Labute approximate surface area is 151 Å². The number of aromatic nitrogens is 2. The van der Waals surface area contributed by atoms with Gasteiger partial charge in [-0.15, -0.1) is 0 Å². The van der Waals surface area contributed by atoms with Crippen LogP contribution in [0.2, 0.25) is 0 Å². The predicted octanol–water partition coefficient (Wildman–Crippen LogP) is 1.32. The fraction of sp³-hybridized carbons (Fsp3) is 0.389. The lowest BCUT2D eigenvalue weighted by Crippen LogP contribution is -2.46. The largest absolute Gasteiger partial charge is 0.383 e. The van der Waals surface area contributed by atoms with E-state index in [9.17, 15) is 9.18 Å². The van der Waals surface area contributed by atoms with Crippen molar-refractivity contribution >= 4 is 17.4 Å². The fourth-order valence-corrected chi connectivity index (χ4v) is 2.80. The average Bonchev–Trinajstić information content (AvgIpc) is 2.69. The van der Waals surface area contributed by atoms with Gasteiger partial charge in [0.1, 0.15) is 17.3 Å². The Hall–Kier alpha value is -2.74. The summed E-state index contributed by atoms with van der Waals surface area (Å²) in [7, 11) is 1.58. The van der Waals surface area contributed by atoms with Gasteiger partial charge in [-0.1, -0.05) is 0 Å². The Morgan fingerprint density at radius 1 is 1.12 bits per heavy atom. The molecule has 1 aromatic heterocycles. The Morgan fingerprint density at radius 3 is 2.42 bits per heavy atom. The molecule has 2 aromatic rings. The number of halogens is 1. The van der Waals surface area contributed by atoms with Crippen molar-refractivity contribution in [2.75, 3.05) is 56.2 Å². The Kier molecular flexibility index (Phi) is 5.96. The molecular formula is C18H22FN5O2. The van der Waals surface area contributed by atoms with Gasteiger partial charge in [-0.05, 0) is 24.3 Å². The van der Waals surface area contributed by atoms with Gasteiger partial charge >= 0.3 is 0 Å². The molecule has 8 heteroatoms. The molecule has 0 aliphatic carbocycles. The van der Waals surface area contributed by atoms with E-state index in [-0.39, 0.29) is 17.4 Å². The number of carbonyl (C=O) groups excluding carboxylic acids is 1. The monoisotopic (exact) mass is 359 g/mol. The molecule has 0 radical (unpaired) electrons. The predicted molar refractivity (Wildman–Crippen MR) is 97.1 cm³/mol. The maximum Gasteiger partial charge on any atom is 0.271 e. The number of carbonyl (C=O) groups is 1. The number of nitrogens with one attached hydrogen (secondary N) is 1. The van der Waals surface area contributed by atoms with Crippen molar-refractivity contribution in [3.05, 3.63) is 48.2 Å². The Balaban J connectivity index is 1.54. The van der Waals surface area contributed by atoms with E-state index in [0.717, 1.165) is 37.7 Å². The maximum absolute atomic E-state index is 13.0. The number of benzene rings is 1. The van der Waals surface area contributed by atoms with Crippen molar-refractivity contribution in [1.29, 1.82) is 0 Å². The normalized spacial score (nSPS) is 14.4. The smallest absolute Gasteiger partial charge is 0.271 e. The van der Waals surface area contributed by atoms with Crippen molar-refractivity contribution in [3.8, 4) is 0 Å². The number of rotatable bonds is 6. The molecule has 1 aliphatic heterocycles. The lowest BCUT2D eigenvalue weighted by atomic mass is 10.2. The highest BCUT2D eigenvalue weighted by molar-refractivity contribution is 5.92. The maximum atomic E-state index is 13.0. The molecule has 0 unspecified atom stereocenters. The van der Waals surface area contributed by atoms with Gasteiger partial charge in [-0.2, -0.15) is 0 Å². The summed E-state index contributed by atoms with van der Waals surface area (Å²) < 4.78 is 17.9. The third kappa shape index (κ3) is 4.45. The van der Waals surface area contributed by atoms with E-state index in [0.29, 0.717) is 13.2 Å². The van der Waals surface area contributed by atoms with Crippen LogP contribution in [0.3, 0.4) is 0 Å². The molecule has 2 heterocycles. The summed E-state index contributed by atoms with van der Waals surface area (Å²) in [5, 5.41) is 2.71. The number of methoxy groups -OCH3 is 1. The molecule has 1 aliphatic rings. The third-order valence-electron chi connectivity index (χ3n) is 4.26. The molecule has 1 saturated heterocycles. The molecule has 1 N–H and O–H groups in total. The highest BCUT2D eigenvalue weighted by Gasteiger charge is 2.19. The van der Waals surface area contributed by atoms with Crippen LogP contribution in [0.5, 0.6) is 0 Å². The molecule has 0 atom stereocenters. The minimum atomic E-state index is -0.262. The van der Waals surface area contributed by atoms with E-state index in [1.807, 2.05) is 0 Å². The highest BCUT2D eigenvalue weighted by atomic mass is 19.1. The first-order valence-electron chi connectivity index (χ1n) is 8.52. The van der Waals surface area contributed by atoms with Crippen molar-refractivity contribution in [1.82, 2.24) is 15.3 Å². The van der Waals surface area contributed by atoms with E-state index >= 15 is 0 Å². The van der Waals surface area contributed by atoms with Gasteiger partial charge in [0.15, 0.2) is 0 Å². The lowest BCUT2D eigenvalue weighted by molar-refractivity contribution is 0.0931. The van der Waals surface area contributed by atoms with Gasteiger partial charge in [-0.3, -0.25) is 4.79 Å². The molecule has 3 rings (SSSR count). The number of ether oxygens (including phenoxy) is 1. The van der Waals surface area contributed by atoms with Gasteiger partial charge in [0.2, 0.25) is 0 Å². The van der Waals surface area contributed by atoms with Gasteiger partial charge < -0.3 is 19.9 Å². The summed E-state index contributed by atoms with van der Waals surface area (Å²) >= 11 is 0. The van der Waals surface area contributed by atoms with Crippen LogP contribution in [0.25, 0.3) is 0 Å². The van der Waals surface area contributed by atoms with Crippen LogP contribution in [0, 0.1) is 5.82 Å².